The molecule has 1 aromatic rings. The molecule has 0 unspecified atom stereocenters. The Morgan fingerprint density at radius 1 is 1.47 bits per heavy atom. The minimum atomic E-state index is 0.104. The van der Waals surface area contributed by atoms with E-state index in [0.29, 0.717) is 11.4 Å². The summed E-state index contributed by atoms with van der Waals surface area (Å²) in [4.78, 5) is 18.7. The molecule has 2 heterocycles. The fourth-order valence-corrected chi connectivity index (χ4v) is 2.78. The highest BCUT2D eigenvalue weighted by Gasteiger charge is 2.24. The lowest BCUT2D eigenvalue weighted by Crippen LogP contribution is -2.38. The Labute approximate surface area is 115 Å². The fourth-order valence-electron chi connectivity index (χ4n) is 2.78. The lowest BCUT2D eigenvalue weighted by Gasteiger charge is -2.32. The van der Waals surface area contributed by atoms with Crippen molar-refractivity contribution in [3.8, 4) is 0 Å². The number of nitrogens with zero attached hydrogens (tertiary/aromatic N) is 2. The monoisotopic (exact) mass is 261 g/mol. The third-order valence-electron chi connectivity index (χ3n) is 3.87. The second-order valence-electron chi connectivity index (χ2n) is 5.17. The Kier molecular flexibility index (Phi) is 4.77. The molecule has 0 atom stereocenters. The largest absolute Gasteiger partial charge is 0.372 e. The average Bonchev–Trinajstić information content (AvgIpc) is 2.47. The second kappa shape index (κ2) is 6.55. The van der Waals surface area contributed by atoms with E-state index in [0.717, 1.165) is 31.8 Å². The van der Waals surface area contributed by atoms with E-state index >= 15 is 0 Å². The van der Waals surface area contributed by atoms with E-state index in [1.165, 1.54) is 12.8 Å². The molecular formula is C15H23N3O. The summed E-state index contributed by atoms with van der Waals surface area (Å²) in [5, 5.41) is 2.99. The minimum absolute atomic E-state index is 0.104. The van der Waals surface area contributed by atoms with E-state index in [-0.39, 0.29) is 5.91 Å². The van der Waals surface area contributed by atoms with Crippen molar-refractivity contribution in [1.82, 2.24) is 9.88 Å². The molecule has 0 spiro atoms. The average molecular weight is 261 g/mol. The van der Waals surface area contributed by atoms with Gasteiger partial charge in [0.2, 0.25) is 0 Å². The van der Waals surface area contributed by atoms with Crippen molar-refractivity contribution in [2.24, 2.45) is 5.92 Å². The number of nitrogens with one attached hydrogen (secondary N) is 1. The summed E-state index contributed by atoms with van der Waals surface area (Å²) in [6, 6.07) is 3.66. The van der Waals surface area contributed by atoms with Crippen LogP contribution in [0.1, 0.15) is 43.0 Å². The third kappa shape index (κ3) is 3.25. The van der Waals surface area contributed by atoms with Gasteiger partial charge in [0.15, 0.2) is 0 Å². The molecule has 1 saturated heterocycles. The summed E-state index contributed by atoms with van der Waals surface area (Å²) in [7, 11) is 1.80. The SMILES string of the molecule is CCCC1CCN(C(=O)c2cccnc2NC)CC1. The van der Waals surface area contributed by atoms with Gasteiger partial charge in [-0.1, -0.05) is 19.8 Å². The van der Waals surface area contributed by atoms with Gasteiger partial charge in [-0.2, -0.15) is 0 Å². The Morgan fingerprint density at radius 2 is 2.21 bits per heavy atom. The molecule has 2 rings (SSSR count). The van der Waals surface area contributed by atoms with Crippen LogP contribution in [0.4, 0.5) is 5.82 Å². The summed E-state index contributed by atoms with van der Waals surface area (Å²) < 4.78 is 0. The van der Waals surface area contributed by atoms with E-state index in [1.807, 2.05) is 17.0 Å². The molecule has 0 aromatic carbocycles. The van der Waals surface area contributed by atoms with Crippen LogP contribution in [-0.2, 0) is 0 Å². The molecule has 1 aliphatic rings. The van der Waals surface area contributed by atoms with Crippen molar-refractivity contribution in [1.29, 1.82) is 0 Å². The van der Waals surface area contributed by atoms with Crippen LogP contribution >= 0.6 is 0 Å². The molecule has 1 aliphatic heterocycles. The molecule has 0 aliphatic carbocycles. The molecular weight excluding hydrogens is 238 g/mol. The van der Waals surface area contributed by atoms with Crippen LogP contribution in [0.5, 0.6) is 0 Å². The number of anilines is 1. The quantitative estimate of drug-likeness (QED) is 0.906. The normalized spacial score (nSPS) is 16.4. The van der Waals surface area contributed by atoms with Gasteiger partial charge >= 0.3 is 0 Å². The molecule has 4 nitrogen and oxygen atoms in total. The Bertz CT molecular complexity index is 425. The number of carbonyl (C=O) groups is 1. The highest BCUT2D eigenvalue weighted by atomic mass is 16.2. The van der Waals surface area contributed by atoms with Gasteiger partial charge in [-0.3, -0.25) is 4.79 Å². The number of amides is 1. The highest BCUT2D eigenvalue weighted by Crippen LogP contribution is 2.24. The zero-order valence-electron chi connectivity index (χ0n) is 11.9. The van der Waals surface area contributed by atoms with Crippen molar-refractivity contribution < 1.29 is 4.79 Å². The van der Waals surface area contributed by atoms with Crippen molar-refractivity contribution in [2.45, 2.75) is 32.6 Å². The van der Waals surface area contributed by atoms with Gasteiger partial charge in [-0.15, -0.1) is 0 Å². The number of rotatable bonds is 4. The van der Waals surface area contributed by atoms with E-state index in [2.05, 4.69) is 17.2 Å². The Hall–Kier alpha value is -1.58. The van der Waals surface area contributed by atoms with Gasteiger partial charge in [0.05, 0.1) is 5.56 Å². The molecule has 1 fully saturated rings. The third-order valence-corrected chi connectivity index (χ3v) is 3.87. The number of piperidine rings is 1. The molecule has 1 N–H and O–H groups in total. The molecule has 104 valence electrons. The van der Waals surface area contributed by atoms with Crippen LogP contribution in [0.15, 0.2) is 18.3 Å². The van der Waals surface area contributed by atoms with Crippen LogP contribution in [0.3, 0.4) is 0 Å². The van der Waals surface area contributed by atoms with Gasteiger partial charge in [0.25, 0.3) is 5.91 Å². The van der Waals surface area contributed by atoms with Crippen molar-refractivity contribution in [3.05, 3.63) is 23.9 Å². The smallest absolute Gasteiger partial charge is 0.257 e. The minimum Gasteiger partial charge on any atom is -0.372 e. The molecule has 0 bridgehead atoms. The number of likely N-dealkylation sites (tertiary alicyclic amines) is 1. The lowest BCUT2D eigenvalue weighted by molar-refractivity contribution is 0.0687. The van der Waals surface area contributed by atoms with Gasteiger partial charge in [-0.25, -0.2) is 4.98 Å². The van der Waals surface area contributed by atoms with Crippen LogP contribution in [0, 0.1) is 5.92 Å². The van der Waals surface area contributed by atoms with Crippen molar-refractivity contribution in [2.75, 3.05) is 25.5 Å². The topological polar surface area (TPSA) is 45.2 Å². The maximum atomic E-state index is 12.5. The van der Waals surface area contributed by atoms with Crippen LogP contribution < -0.4 is 5.32 Å². The van der Waals surface area contributed by atoms with Crippen molar-refractivity contribution >= 4 is 11.7 Å². The molecule has 19 heavy (non-hydrogen) atoms. The number of pyridine rings is 1. The summed E-state index contributed by atoms with van der Waals surface area (Å²) in [5.41, 5.74) is 0.680. The molecule has 0 saturated carbocycles. The first-order chi connectivity index (χ1) is 9.26. The van der Waals surface area contributed by atoms with Crippen LogP contribution in [0.25, 0.3) is 0 Å². The second-order valence-corrected chi connectivity index (χ2v) is 5.17. The molecule has 0 radical (unpaired) electrons. The number of aromatic nitrogens is 1. The van der Waals surface area contributed by atoms with E-state index < -0.39 is 0 Å². The zero-order chi connectivity index (χ0) is 13.7. The maximum absolute atomic E-state index is 12.5. The van der Waals surface area contributed by atoms with Crippen LogP contribution in [-0.4, -0.2) is 35.9 Å². The van der Waals surface area contributed by atoms with Gasteiger partial charge in [0.1, 0.15) is 5.82 Å². The van der Waals surface area contributed by atoms with Gasteiger partial charge < -0.3 is 10.2 Å². The van der Waals surface area contributed by atoms with Gasteiger partial charge in [-0.05, 0) is 30.9 Å². The summed E-state index contributed by atoms with van der Waals surface area (Å²) in [5.74, 6) is 1.57. The Balaban J connectivity index is 2.01. The predicted molar refractivity (Wildman–Crippen MR) is 77.3 cm³/mol. The van der Waals surface area contributed by atoms with E-state index in [4.69, 9.17) is 0 Å². The first-order valence-corrected chi connectivity index (χ1v) is 7.18. The molecule has 1 amide bonds. The predicted octanol–water partition coefficient (Wildman–Crippen LogP) is 2.78. The highest BCUT2D eigenvalue weighted by molar-refractivity contribution is 5.98. The molecule has 1 aromatic heterocycles. The fraction of sp³-hybridized carbons (Fsp3) is 0.600. The van der Waals surface area contributed by atoms with E-state index in [9.17, 15) is 4.79 Å². The van der Waals surface area contributed by atoms with Crippen molar-refractivity contribution in [3.63, 3.8) is 0 Å². The summed E-state index contributed by atoms with van der Waals surface area (Å²) in [6.45, 7) is 3.98. The number of hydrogen-bond acceptors (Lipinski definition) is 3. The lowest BCUT2D eigenvalue weighted by atomic mass is 9.92. The standard InChI is InChI=1S/C15H23N3O/c1-3-5-12-7-10-18(11-8-12)15(19)13-6-4-9-17-14(13)16-2/h4,6,9,12H,3,5,7-8,10-11H2,1-2H3,(H,16,17). The first kappa shape index (κ1) is 13.8. The maximum Gasteiger partial charge on any atom is 0.257 e. The first-order valence-electron chi connectivity index (χ1n) is 7.18. The summed E-state index contributed by atoms with van der Waals surface area (Å²) in [6.07, 6.45) is 6.50. The van der Waals surface area contributed by atoms with Crippen LogP contribution in [0.2, 0.25) is 0 Å². The zero-order valence-corrected chi connectivity index (χ0v) is 11.9. The van der Waals surface area contributed by atoms with Gasteiger partial charge in [0, 0.05) is 26.3 Å². The van der Waals surface area contributed by atoms with E-state index in [1.54, 1.807) is 13.2 Å². The summed E-state index contributed by atoms with van der Waals surface area (Å²) >= 11 is 0. The number of carbonyl (C=O) groups excluding carboxylic acids is 1. The Morgan fingerprint density at radius 3 is 2.84 bits per heavy atom. The molecule has 4 heteroatoms. The number of hydrogen-bond donors (Lipinski definition) is 1.